The van der Waals surface area contributed by atoms with Gasteiger partial charge in [0, 0.05) is 24.9 Å². The van der Waals surface area contributed by atoms with Gasteiger partial charge in [-0.3, -0.25) is 16.3 Å². The van der Waals surface area contributed by atoms with E-state index in [9.17, 15) is 0 Å². The number of hydrazine groups is 1. The normalized spacial score (nSPS) is 14.6. The molecule has 18 heavy (non-hydrogen) atoms. The molecule has 0 fully saturated rings. The van der Waals surface area contributed by atoms with Gasteiger partial charge in [0.25, 0.3) is 0 Å². The van der Waals surface area contributed by atoms with E-state index < -0.39 is 0 Å². The first kappa shape index (κ1) is 13.0. The number of nitrogens with one attached hydrogen (secondary N) is 1. The van der Waals surface area contributed by atoms with Crippen LogP contribution >= 0.6 is 0 Å². The van der Waals surface area contributed by atoms with Crippen LogP contribution in [0.5, 0.6) is 0 Å². The molecule has 0 aliphatic rings. The van der Waals surface area contributed by atoms with Crippen LogP contribution < -0.4 is 11.3 Å². The monoisotopic (exact) mass is 245 g/mol. The highest BCUT2D eigenvalue weighted by Crippen LogP contribution is 2.25. The zero-order valence-electron chi connectivity index (χ0n) is 10.8. The summed E-state index contributed by atoms with van der Waals surface area (Å²) in [5.41, 5.74) is 3.97. The summed E-state index contributed by atoms with van der Waals surface area (Å²) in [6, 6.07) is 8.22. The number of nitrogens with zero attached hydrogens (tertiary/aromatic N) is 1. The highest BCUT2D eigenvalue weighted by Gasteiger charge is 2.16. The summed E-state index contributed by atoms with van der Waals surface area (Å²) in [6.07, 6.45) is 4.69. The first-order valence-electron chi connectivity index (χ1n) is 6.07. The second kappa shape index (κ2) is 5.91. The molecule has 0 saturated carbocycles. The van der Waals surface area contributed by atoms with Crippen LogP contribution in [0, 0.1) is 0 Å². The molecule has 3 N–H and O–H groups in total. The van der Waals surface area contributed by atoms with Gasteiger partial charge >= 0.3 is 0 Å². The van der Waals surface area contributed by atoms with Gasteiger partial charge < -0.3 is 4.74 Å². The van der Waals surface area contributed by atoms with Crippen molar-refractivity contribution < 1.29 is 4.74 Å². The lowest BCUT2D eigenvalue weighted by atomic mass is 9.98. The Kier molecular flexibility index (Phi) is 4.25. The van der Waals surface area contributed by atoms with E-state index in [2.05, 4.69) is 22.5 Å². The molecular weight excluding hydrogens is 226 g/mol. The van der Waals surface area contributed by atoms with Crippen LogP contribution in [0.25, 0.3) is 10.8 Å². The van der Waals surface area contributed by atoms with Gasteiger partial charge in [0.15, 0.2) is 0 Å². The molecule has 1 aromatic carbocycles. The van der Waals surface area contributed by atoms with Crippen molar-refractivity contribution in [1.29, 1.82) is 0 Å². The third kappa shape index (κ3) is 2.67. The smallest absolute Gasteiger partial charge is 0.0561 e. The van der Waals surface area contributed by atoms with Gasteiger partial charge in [0.1, 0.15) is 0 Å². The molecule has 2 unspecified atom stereocenters. The fraction of sp³-hybridized carbons (Fsp3) is 0.357. The zero-order chi connectivity index (χ0) is 13.0. The summed E-state index contributed by atoms with van der Waals surface area (Å²) in [4.78, 5) is 4.28. The maximum absolute atomic E-state index is 5.67. The second-order valence-electron chi connectivity index (χ2n) is 4.45. The molecule has 0 saturated heterocycles. The molecule has 96 valence electrons. The lowest BCUT2D eigenvalue weighted by molar-refractivity contribution is 0.100. The maximum atomic E-state index is 5.67. The third-order valence-electron chi connectivity index (χ3n) is 3.25. The minimum atomic E-state index is 0.0403. The molecule has 0 amide bonds. The number of nitrogens with two attached hydrogens (primary N) is 1. The number of hydrogen-bond donors (Lipinski definition) is 2. The lowest BCUT2D eigenvalue weighted by Crippen LogP contribution is -2.31. The van der Waals surface area contributed by atoms with Crippen molar-refractivity contribution in [2.75, 3.05) is 7.11 Å². The van der Waals surface area contributed by atoms with E-state index in [1.165, 1.54) is 5.39 Å². The quantitative estimate of drug-likeness (QED) is 0.626. The first-order chi connectivity index (χ1) is 8.76. The minimum absolute atomic E-state index is 0.0403. The van der Waals surface area contributed by atoms with E-state index in [-0.39, 0.29) is 12.1 Å². The Labute approximate surface area is 107 Å². The van der Waals surface area contributed by atoms with Crippen LogP contribution in [0.3, 0.4) is 0 Å². The fourth-order valence-corrected chi connectivity index (χ4v) is 2.13. The minimum Gasteiger partial charge on any atom is -0.382 e. The van der Waals surface area contributed by atoms with Crippen LogP contribution in [-0.2, 0) is 4.74 Å². The van der Waals surface area contributed by atoms with Gasteiger partial charge in [-0.1, -0.05) is 24.3 Å². The third-order valence-corrected chi connectivity index (χ3v) is 3.25. The van der Waals surface area contributed by atoms with Gasteiger partial charge in [-0.25, -0.2) is 0 Å². The molecule has 0 bridgehead atoms. The van der Waals surface area contributed by atoms with Gasteiger partial charge in [0.05, 0.1) is 12.1 Å². The molecule has 2 rings (SSSR count). The van der Waals surface area contributed by atoms with Crippen molar-refractivity contribution in [2.24, 2.45) is 5.84 Å². The molecule has 2 atom stereocenters. The van der Waals surface area contributed by atoms with Crippen molar-refractivity contribution in [1.82, 2.24) is 10.4 Å². The maximum Gasteiger partial charge on any atom is 0.0561 e. The van der Waals surface area contributed by atoms with Crippen molar-refractivity contribution in [3.8, 4) is 0 Å². The SMILES string of the molecule is COC(C)CC(NN)c1cncc2ccccc12. The van der Waals surface area contributed by atoms with Crippen LogP contribution in [0.2, 0.25) is 0 Å². The Morgan fingerprint density at radius 3 is 2.83 bits per heavy atom. The molecule has 0 aliphatic heterocycles. The lowest BCUT2D eigenvalue weighted by Gasteiger charge is -2.21. The fourth-order valence-electron chi connectivity index (χ4n) is 2.13. The summed E-state index contributed by atoms with van der Waals surface area (Å²) < 4.78 is 5.30. The van der Waals surface area contributed by atoms with E-state index in [0.717, 1.165) is 17.4 Å². The van der Waals surface area contributed by atoms with Gasteiger partial charge in [-0.15, -0.1) is 0 Å². The molecule has 0 radical (unpaired) electrons. The number of pyridine rings is 1. The number of aromatic nitrogens is 1. The molecule has 1 aromatic heterocycles. The van der Waals surface area contributed by atoms with Crippen LogP contribution in [-0.4, -0.2) is 18.2 Å². The summed E-state index contributed by atoms with van der Waals surface area (Å²) in [7, 11) is 1.71. The average Bonchev–Trinajstić information content (AvgIpc) is 2.44. The van der Waals surface area contributed by atoms with Gasteiger partial charge in [-0.05, 0) is 24.3 Å². The number of ether oxygens (including phenoxy) is 1. The van der Waals surface area contributed by atoms with E-state index in [0.29, 0.717) is 0 Å². The van der Waals surface area contributed by atoms with Crippen LogP contribution in [0.15, 0.2) is 36.7 Å². The molecule has 2 aromatic rings. The Morgan fingerprint density at radius 1 is 1.33 bits per heavy atom. The predicted molar refractivity (Wildman–Crippen MR) is 72.9 cm³/mol. The van der Waals surface area contributed by atoms with E-state index >= 15 is 0 Å². The van der Waals surface area contributed by atoms with Crippen molar-refractivity contribution in [3.05, 3.63) is 42.2 Å². The number of benzene rings is 1. The van der Waals surface area contributed by atoms with E-state index in [1.807, 2.05) is 31.5 Å². The summed E-state index contributed by atoms with van der Waals surface area (Å²) in [6.45, 7) is 2.03. The molecule has 0 spiro atoms. The van der Waals surface area contributed by atoms with Crippen molar-refractivity contribution in [2.45, 2.75) is 25.5 Å². The molecule has 0 aliphatic carbocycles. The van der Waals surface area contributed by atoms with E-state index in [4.69, 9.17) is 10.6 Å². The average molecular weight is 245 g/mol. The van der Waals surface area contributed by atoms with Crippen LogP contribution in [0.1, 0.15) is 24.9 Å². The standard InChI is InChI=1S/C14H19N3O/c1-10(18-2)7-14(17-15)13-9-16-8-11-5-3-4-6-12(11)13/h3-6,8-10,14,17H,7,15H2,1-2H3. The molecule has 1 heterocycles. The highest BCUT2D eigenvalue weighted by molar-refractivity contribution is 5.85. The van der Waals surface area contributed by atoms with Crippen LogP contribution in [0.4, 0.5) is 0 Å². The Balaban J connectivity index is 2.38. The van der Waals surface area contributed by atoms with Crippen molar-refractivity contribution in [3.63, 3.8) is 0 Å². The number of hydrogen-bond acceptors (Lipinski definition) is 4. The number of methoxy groups -OCH3 is 1. The Bertz CT molecular complexity index is 510. The second-order valence-corrected chi connectivity index (χ2v) is 4.45. The molecular formula is C14H19N3O. The molecule has 4 heteroatoms. The molecule has 4 nitrogen and oxygen atoms in total. The summed E-state index contributed by atoms with van der Waals surface area (Å²) >= 11 is 0. The Morgan fingerprint density at radius 2 is 2.11 bits per heavy atom. The summed E-state index contributed by atoms with van der Waals surface area (Å²) in [5.74, 6) is 5.67. The largest absolute Gasteiger partial charge is 0.382 e. The predicted octanol–water partition coefficient (Wildman–Crippen LogP) is 2.16. The number of rotatable bonds is 5. The van der Waals surface area contributed by atoms with Crippen molar-refractivity contribution >= 4 is 10.8 Å². The summed E-state index contributed by atoms with van der Waals surface area (Å²) in [5, 5.41) is 2.30. The number of fused-ring (bicyclic) bond motifs is 1. The van der Waals surface area contributed by atoms with E-state index in [1.54, 1.807) is 7.11 Å². The van der Waals surface area contributed by atoms with Gasteiger partial charge in [0.2, 0.25) is 0 Å². The zero-order valence-corrected chi connectivity index (χ0v) is 10.8. The highest BCUT2D eigenvalue weighted by atomic mass is 16.5. The topological polar surface area (TPSA) is 60.2 Å². The first-order valence-corrected chi connectivity index (χ1v) is 6.07. The Hall–Kier alpha value is -1.49. The van der Waals surface area contributed by atoms with Gasteiger partial charge in [-0.2, -0.15) is 0 Å².